The van der Waals surface area contributed by atoms with E-state index in [4.69, 9.17) is 5.21 Å². The average Bonchev–Trinajstić information content (AvgIpc) is 2.40. The largest absolute Gasteiger partial charge is 0.733 e. The minimum atomic E-state index is -3.56. The van der Waals surface area contributed by atoms with Crippen LogP contribution in [-0.2, 0) is 10.0 Å². The van der Waals surface area contributed by atoms with Crippen LogP contribution in [0, 0.1) is 5.21 Å². The number of piperidine rings is 1. The fourth-order valence-corrected chi connectivity index (χ4v) is 3.57. The Balaban J connectivity index is 2.31. The van der Waals surface area contributed by atoms with Gasteiger partial charge in [-0.05, 0) is 31.0 Å². The maximum absolute atomic E-state index is 12.3. The van der Waals surface area contributed by atoms with Crippen molar-refractivity contribution in [1.82, 2.24) is 4.31 Å². The molecule has 1 heterocycles. The van der Waals surface area contributed by atoms with Gasteiger partial charge in [0.05, 0.1) is 10.6 Å². The maximum Gasteiger partial charge on any atom is 0.243 e. The molecule has 1 aliphatic heterocycles. The molecule has 1 fully saturated rings. The van der Waals surface area contributed by atoms with Crippen LogP contribution in [0.4, 0.5) is 5.69 Å². The second-order valence-electron chi connectivity index (χ2n) is 4.24. The van der Waals surface area contributed by atoms with E-state index in [-0.39, 0.29) is 15.8 Å². The summed E-state index contributed by atoms with van der Waals surface area (Å²) < 4.78 is 26.0. The molecule has 0 atom stereocenters. The van der Waals surface area contributed by atoms with Gasteiger partial charge in [-0.25, -0.2) is 8.42 Å². The van der Waals surface area contributed by atoms with Crippen molar-refractivity contribution in [3.63, 3.8) is 0 Å². The molecule has 0 amide bonds. The number of hydrogen-bond acceptors (Lipinski definition) is 5. The summed E-state index contributed by atoms with van der Waals surface area (Å²) in [6, 6.07) is 5.39. The molecule has 100 valence electrons. The number of nitrogens with zero attached hydrogens (tertiary/aromatic N) is 2. The summed E-state index contributed by atoms with van der Waals surface area (Å²) in [6.07, 6.45) is 2.75. The van der Waals surface area contributed by atoms with E-state index in [2.05, 4.69) is 0 Å². The highest BCUT2D eigenvalue weighted by Crippen LogP contribution is 2.23. The topological polar surface area (TPSA) is 83.9 Å². The third-order valence-corrected chi connectivity index (χ3v) is 4.89. The lowest BCUT2D eigenvalue weighted by molar-refractivity contribution is 0.296. The quantitative estimate of drug-likeness (QED) is 0.843. The number of rotatable bonds is 3. The Kier molecular flexibility index (Phi) is 3.86. The van der Waals surface area contributed by atoms with Gasteiger partial charge in [-0.15, -0.1) is 0 Å². The number of sulfonamides is 1. The van der Waals surface area contributed by atoms with E-state index in [9.17, 15) is 13.6 Å². The van der Waals surface area contributed by atoms with Gasteiger partial charge >= 0.3 is 0 Å². The summed E-state index contributed by atoms with van der Waals surface area (Å²) in [5, 5.41) is 19.2. The van der Waals surface area contributed by atoms with Crippen molar-refractivity contribution in [3.8, 4) is 0 Å². The molecule has 1 aromatic rings. The molecule has 0 aliphatic carbocycles. The highest BCUT2D eigenvalue weighted by molar-refractivity contribution is 7.89. The highest BCUT2D eigenvalue weighted by Gasteiger charge is 2.25. The normalized spacial score (nSPS) is 17.7. The van der Waals surface area contributed by atoms with Crippen molar-refractivity contribution < 1.29 is 13.6 Å². The van der Waals surface area contributed by atoms with Crippen molar-refractivity contribution >= 4 is 15.7 Å². The number of hydrogen-bond donors (Lipinski definition) is 1. The standard InChI is InChI=1S/C11H15N2O4S/c14-13(15)10-5-4-6-11(9-10)18(16,17)12-7-2-1-3-8-12/h4-6,9,14H,1-3,7-8H2/q-1. The first-order chi connectivity index (χ1) is 8.51. The molecule has 18 heavy (non-hydrogen) atoms. The van der Waals surface area contributed by atoms with Gasteiger partial charge in [-0.1, -0.05) is 12.5 Å². The Labute approximate surface area is 106 Å². The van der Waals surface area contributed by atoms with Gasteiger partial charge in [-0.2, -0.15) is 4.31 Å². The molecule has 0 bridgehead atoms. The Morgan fingerprint density at radius 2 is 1.89 bits per heavy atom. The van der Waals surface area contributed by atoms with E-state index in [1.807, 2.05) is 0 Å². The SMILES string of the molecule is O=S(=O)(c1cccc(N([O-])O)c1)N1CCCCC1. The van der Waals surface area contributed by atoms with Gasteiger partial charge < -0.3 is 10.4 Å². The monoisotopic (exact) mass is 271 g/mol. The fraction of sp³-hybridized carbons (Fsp3) is 0.455. The van der Waals surface area contributed by atoms with Crippen LogP contribution in [0.5, 0.6) is 0 Å². The van der Waals surface area contributed by atoms with E-state index < -0.39 is 10.0 Å². The molecular formula is C11H15N2O4S-. The van der Waals surface area contributed by atoms with E-state index >= 15 is 0 Å². The lowest BCUT2D eigenvalue weighted by atomic mass is 10.2. The molecule has 0 aromatic heterocycles. The first kappa shape index (κ1) is 13.3. The second-order valence-corrected chi connectivity index (χ2v) is 6.17. The highest BCUT2D eigenvalue weighted by atomic mass is 32.2. The van der Waals surface area contributed by atoms with Crippen LogP contribution in [0.1, 0.15) is 19.3 Å². The Hall–Kier alpha value is -1.15. The van der Waals surface area contributed by atoms with Gasteiger partial charge in [0.25, 0.3) is 0 Å². The van der Waals surface area contributed by atoms with Gasteiger partial charge in [0.1, 0.15) is 0 Å². The third kappa shape index (κ3) is 2.64. The zero-order valence-electron chi connectivity index (χ0n) is 9.82. The minimum absolute atomic E-state index is 0.0387. The third-order valence-electron chi connectivity index (χ3n) is 2.99. The first-order valence-electron chi connectivity index (χ1n) is 5.78. The van der Waals surface area contributed by atoms with Crippen LogP contribution < -0.4 is 5.23 Å². The molecule has 1 aromatic carbocycles. The predicted molar refractivity (Wildman–Crippen MR) is 66.7 cm³/mol. The Bertz CT molecular complexity index is 510. The summed E-state index contributed by atoms with van der Waals surface area (Å²) in [5.74, 6) is 0. The van der Waals surface area contributed by atoms with Crippen molar-refractivity contribution in [2.75, 3.05) is 18.3 Å². The fourth-order valence-electron chi connectivity index (χ4n) is 2.02. The Morgan fingerprint density at radius 3 is 2.50 bits per heavy atom. The molecule has 6 nitrogen and oxygen atoms in total. The predicted octanol–water partition coefficient (Wildman–Crippen LogP) is 1.55. The summed E-state index contributed by atoms with van der Waals surface area (Å²) in [7, 11) is -3.56. The van der Waals surface area contributed by atoms with Crippen LogP contribution in [0.15, 0.2) is 29.2 Å². The average molecular weight is 271 g/mol. The molecular weight excluding hydrogens is 256 g/mol. The summed E-state index contributed by atoms with van der Waals surface area (Å²) in [6.45, 7) is 1.01. The van der Waals surface area contributed by atoms with Gasteiger partial charge in [-0.3, -0.25) is 5.21 Å². The lowest BCUT2D eigenvalue weighted by Crippen LogP contribution is -2.35. The van der Waals surface area contributed by atoms with Crippen LogP contribution in [0.3, 0.4) is 0 Å². The van der Waals surface area contributed by atoms with Crippen molar-refractivity contribution in [3.05, 3.63) is 29.5 Å². The first-order valence-corrected chi connectivity index (χ1v) is 7.22. The smallest absolute Gasteiger partial charge is 0.243 e. The lowest BCUT2D eigenvalue weighted by Gasteiger charge is -2.27. The molecule has 7 heteroatoms. The van der Waals surface area contributed by atoms with Crippen LogP contribution in [0.2, 0.25) is 0 Å². The number of benzene rings is 1. The maximum atomic E-state index is 12.3. The van der Waals surface area contributed by atoms with E-state index in [0.29, 0.717) is 13.1 Å². The van der Waals surface area contributed by atoms with Crippen LogP contribution >= 0.6 is 0 Å². The second kappa shape index (κ2) is 5.23. The van der Waals surface area contributed by atoms with E-state index in [0.717, 1.165) is 19.3 Å². The zero-order chi connectivity index (χ0) is 13.2. The molecule has 1 N–H and O–H groups in total. The Morgan fingerprint density at radius 1 is 1.22 bits per heavy atom. The van der Waals surface area contributed by atoms with Crippen molar-refractivity contribution in [1.29, 1.82) is 0 Å². The summed E-state index contributed by atoms with van der Waals surface area (Å²) >= 11 is 0. The van der Waals surface area contributed by atoms with Crippen molar-refractivity contribution in [2.45, 2.75) is 24.2 Å². The number of anilines is 1. The van der Waals surface area contributed by atoms with Gasteiger partial charge in [0.2, 0.25) is 10.0 Å². The molecule has 0 spiro atoms. The van der Waals surface area contributed by atoms with E-state index in [1.54, 1.807) is 0 Å². The summed E-state index contributed by atoms with van der Waals surface area (Å²) in [5.41, 5.74) is -0.0897. The minimum Gasteiger partial charge on any atom is -0.733 e. The molecule has 1 aliphatic rings. The van der Waals surface area contributed by atoms with Crippen LogP contribution in [0.25, 0.3) is 0 Å². The summed E-state index contributed by atoms with van der Waals surface area (Å²) in [4.78, 5) is 0.0387. The molecule has 2 rings (SSSR count). The molecule has 0 radical (unpaired) electrons. The van der Waals surface area contributed by atoms with Crippen molar-refractivity contribution in [2.24, 2.45) is 0 Å². The van der Waals surface area contributed by atoms with Gasteiger partial charge in [0, 0.05) is 13.1 Å². The van der Waals surface area contributed by atoms with E-state index in [1.165, 1.54) is 28.6 Å². The van der Waals surface area contributed by atoms with Crippen LogP contribution in [-0.4, -0.2) is 31.0 Å². The molecule has 0 unspecified atom stereocenters. The zero-order valence-corrected chi connectivity index (χ0v) is 10.6. The molecule has 1 saturated heterocycles. The molecule has 0 saturated carbocycles. The van der Waals surface area contributed by atoms with Gasteiger partial charge in [0.15, 0.2) is 0 Å².